The van der Waals surface area contributed by atoms with Gasteiger partial charge in [-0.25, -0.2) is 4.98 Å². The fourth-order valence-corrected chi connectivity index (χ4v) is 3.55. The van der Waals surface area contributed by atoms with Gasteiger partial charge in [-0.05, 0) is 55.8 Å². The smallest absolute Gasteiger partial charge is 0.147 e. The zero-order chi connectivity index (χ0) is 20.8. The molecule has 0 saturated heterocycles. The number of imidazole rings is 1. The monoisotopic (exact) mass is 450 g/mol. The minimum absolute atomic E-state index is 0.341. The number of aryl methyl sites for hydroxylation is 1. The van der Waals surface area contributed by atoms with Gasteiger partial charge in [-0.1, -0.05) is 41.7 Å². The van der Waals surface area contributed by atoms with E-state index in [0.29, 0.717) is 34.0 Å². The van der Waals surface area contributed by atoms with Crippen molar-refractivity contribution in [1.82, 2.24) is 9.55 Å². The van der Waals surface area contributed by atoms with Crippen molar-refractivity contribution in [3.63, 3.8) is 0 Å². The van der Waals surface area contributed by atoms with Crippen molar-refractivity contribution >= 4 is 46.3 Å². The third kappa shape index (κ3) is 5.47. The second-order valence-corrected chi connectivity index (χ2v) is 7.53. The third-order valence-corrected chi connectivity index (χ3v) is 5.10. The Bertz CT molecular complexity index is 998. The van der Waals surface area contributed by atoms with Crippen molar-refractivity contribution < 1.29 is 9.47 Å². The Morgan fingerprint density at radius 3 is 2.34 bits per heavy atom. The molecule has 0 atom stereocenters. The molecule has 1 heterocycles. The molecule has 0 amide bonds. The molecule has 0 aliphatic rings. The predicted molar refractivity (Wildman–Crippen MR) is 120 cm³/mol. The van der Waals surface area contributed by atoms with Gasteiger partial charge in [-0.2, -0.15) is 0 Å². The molecule has 0 fully saturated rings. The normalized spacial score (nSPS) is 11.9. The number of halogens is 3. The Kier molecular flexibility index (Phi) is 7.48. The van der Waals surface area contributed by atoms with Crippen molar-refractivity contribution in [2.24, 2.45) is 0 Å². The van der Waals surface area contributed by atoms with Crippen LogP contribution in [0, 0.1) is 6.92 Å². The minimum Gasteiger partial charge on any atom is -0.490 e. The van der Waals surface area contributed by atoms with Crippen LogP contribution in [0.4, 0.5) is 0 Å². The van der Waals surface area contributed by atoms with Gasteiger partial charge in [0.15, 0.2) is 0 Å². The maximum Gasteiger partial charge on any atom is 0.147 e. The Labute approximate surface area is 185 Å². The molecule has 3 rings (SSSR count). The summed E-state index contributed by atoms with van der Waals surface area (Å²) >= 11 is 18.5. The number of rotatable bonds is 8. The Balaban J connectivity index is 1.85. The van der Waals surface area contributed by atoms with Crippen LogP contribution in [-0.4, -0.2) is 22.8 Å². The van der Waals surface area contributed by atoms with Gasteiger partial charge in [0, 0.05) is 28.0 Å². The molecule has 29 heavy (non-hydrogen) atoms. The number of aromatic nitrogens is 2. The largest absolute Gasteiger partial charge is 0.490 e. The summed E-state index contributed by atoms with van der Waals surface area (Å²) in [5.41, 5.74) is 1.73. The molecule has 0 unspecified atom stereocenters. The molecular weight excluding hydrogens is 431 g/mol. The zero-order valence-corrected chi connectivity index (χ0v) is 18.4. The molecule has 0 aliphatic heterocycles. The highest BCUT2D eigenvalue weighted by Crippen LogP contribution is 2.33. The van der Waals surface area contributed by atoms with Crippen LogP contribution >= 0.6 is 34.8 Å². The number of hydrogen-bond acceptors (Lipinski definition) is 3. The summed E-state index contributed by atoms with van der Waals surface area (Å²) in [4.78, 5) is 4.32. The van der Waals surface area contributed by atoms with E-state index in [1.165, 1.54) is 0 Å². The number of hydrogen-bond donors (Lipinski definition) is 0. The molecule has 0 aliphatic carbocycles. The van der Waals surface area contributed by atoms with Crippen LogP contribution in [0.25, 0.3) is 11.5 Å². The molecule has 4 nitrogen and oxygen atoms in total. The summed E-state index contributed by atoms with van der Waals surface area (Å²) in [6, 6.07) is 12.6. The second-order valence-electron chi connectivity index (χ2n) is 6.25. The highest BCUT2D eigenvalue weighted by Gasteiger charge is 2.17. The molecule has 7 heteroatoms. The Hall–Kier alpha value is -2.14. The fraction of sp³-hybridized carbons (Fsp3) is 0.227. The molecule has 1 aromatic heterocycles. The summed E-state index contributed by atoms with van der Waals surface area (Å²) in [6.07, 6.45) is 4.39. The lowest BCUT2D eigenvalue weighted by Gasteiger charge is -2.19. The summed E-state index contributed by atoms with van der Waals surface area (Å²) < 4.78 is 13.9. The predicted octanol–water partition coefficient (Wildman–Crippen LogP) is 6.98. The molecule has 2 aromatic carbocycles. The molecule has 152 valence electrons. The van der Waals surface area contributed by atoms with Gasteiger partial charge in [-0.15, -0.1) is 0 Å². The number of benzene rings is 2. The van der Waals surface area contributed by atoms with Crippen LogP contribution in [0.2, 0.25) is 15.1 Å². The van der Waals surface area contributed by atoms with E-state index in [4.69, 9.17) is 44.3 Å². The van der Waals surface area contributed by atoms with E-state index in [0.717, 1.165) is 29.3 Å². The van der Waals surface area contributed by atoms with Crippen molar-refractivity contribution in [1.29, 1.82) is 0 Å². The third-order valence-electron chi connectivity index (χ3n) is 4.30. The number of ether oxygens (including phenoxy) is 2. The van der Waals surface area contributed by atoms with Crippen molar-refractivity contribution in [3.8, 4) is 5.75 Å². The summed E-state index contributed by atoms with van der Waals surface area (Å²) in [5.74, 6) is 2.27. The van der Waals surface area contributed by atoms with Gasteiger partial charge in [0.1, 0.15) is 30.5 Å². The van der Waals surface area contributed by atoms with Gasteiger partial charge in [0.25, 0.3) is 0 Å². The molecule has 0 bridgehead atoms. The summed E-state index contributed by atoms with van der Waals surface area (Å²) in [7, 11) is 0. The second kappa shape index (κ2) is 10.1. The quantitative estimate of drug-likeness (QED) is 0.274. The van der Waals surface area contributed by atoms with Crippen LogP contribution in [0.5, 0.6) is 5.75 Å². The SMILES string of the molecule is CCC(=C(OCCOc1ccc(Cl)cc1)c1ccc(Cl)cc1Cl)n1ccnc1C. The lowest BCUT2D eigenvalue weighted by molar-refractivity contribution is 0.194. The van der Waals surface area contributed by atoms with E-state index in [1.54, 1.807) is 30.5 Å². The average Bonchev–Trinajstić information content (AvgIpc) is 3.12. The summed E-state index contributed by atoms with van der Waals surface area (Å²) in [6.45, 7) is 4.72. The highest BCUT2D eigenvalue weighted by atomic mass is 35.5. The van der Waals surface area contributed by atoms with Crippen molar-refractivity contribution in [3.05, 3.63) is 81.3 Å². The first-order chi connectivity index (χ1) is 14.0. The number of allylic oxidation sites excluding steroid dienone is 1. The van der Waals surface area contributed by atoms with E-state index in [2.05, 4.69) is 11.9 Å². The van der Waals surface area contributed by atoms with Crippen LogP contribution in [-0.2, 0) is 4.74 Å². The molecule has 3 aromatic rings. The van der Waals surface area contributed by atoms with Gasteiger partial charge in [0.2, 0.25) is 0 Å². The lowest BCUT2D eigenvalue weighted by atomic mass is 10.1. The van der Waals surface area contributed by atoms with Gasteiger partial charge in [-0.3, -0.25) is 0 Å². The molecule has 0 radical (unpaired) electrons. The highest BCUT2D eigenvalue weighted by molar-refractivity contribution is 6.35. The van der Waals surface area contributed by atoms with E-state index in [9.17, 15) is 0 Å². The minimum atomic E-state index is 0.341. The topological polar surface area (TPSA) is 36.3 Å². The van der Waals surface area contributed by atoms with Gasteiger partial charge < -0.3 is 14.0 Å². The maximum absolute atomic E-state index is 6.48. The van der Waals surface area contributed by atoms with Gasteiger partial charge in [0.05, 0.1) is 10.7 Å². The number of nitrogens with zero attached hydrogens (tertiary/aromatic N) is 2. The standard InChI is InChI=1S/C22H21Cl3N2O2/c1-3-21(27-11-10-26-15(27)2)22(19-9-6-17(24)14-20(19)25)29-13-12-28-18-7-4-16(23)5-8-18/h4-11,14H,3,12-13H2,1-2H3. The van der Waals surface area contributed by atoms with Crippen molar-refractivity contribution in [2.45, 2.75) is 20.3 Å². The van der Waals surface area contributed by atoms with Crippen LogP contribution in [0.3, 0.4) is 0 Å². The lowest BCUT2D eigenvalue weighted by Crippen LogP contribution is -2.10. The van der Waals surface area contributed by atoms with E-state index >= 15 is 0 Å². The first-order valence-corrected chi connectivity index (χ1v) is 10.3. The maximum atomic E-state index is 6.48. The molecular formula is C22H21Cl3N2O2. The molecule has 0 N–H and O–H groups in total. The zero-order valence-electron chi connectivity index (χ0n) is 16.2. The first-order valence-electron chi connectivity index (χ1n) is 9.19. The van der Waals surface area contributed by atoms with Gasteiger partial charge >= 0.3 is 0 Å². The fourth-order valence-electron chi connectivity index (χ4n) is 2.93. The average molecular weight is 452 g/mol. The van der Waals surface area contributed by atoms with Crippen LogP contribution in [0.15, 0.2) is 54.9 Å². The van der Waals surface area contributed by atoms with E-state index < -0.39 is 0 Å². The van der Waals surface area contributed by atoms with Crippen LogP contribution < -0.4 is 4.74 Å². The molecule has 0 saturated carbocycles. The Morgan fingerprint density at radius 2 is 1.72 bits per heavy atom. The Morgan fingerprint density at radius 1 is 1.00 bits per heavy atom. The first kappa shape index (κ1) is 21.6. The van der Waals surface area contributed by atoms with E-state index in [-0.39, 0.29) is 0 Å². The molecule has 0 spiro atoms. The van der Waals surface area contributed by atoms with E-state index in [1.807, 2.05) is 35.9 Å². The van der Waals surface area contributed by atoms with Crippen LogP contribution in [0.1, 0.15) is 24.7 Å². The summed E-state index contributed by atoms with van der Waals surface area (Å²) in [5, 5.41) is 1.76. The van der Waals surface area contributed by atoms with Crippen molar-refractivity contribution in [2.75, 3.05) is 13.2 Å².